The van der Waals surface area contributed by atoms with Gasteiger partial charge >= 0.3 is 13.8 Å². The number of likely N-dealkylation sites (N-methyl/N-ethyl adjacent to an activating group) is 1. The van der Waals surface area contributed by atoms with Gasteiger partial charge in [-0.1, -0.05) is 205 Å². The van der Waals surface area contributed by atoms with Crippen molar-refractivity contribution in [3.63, 3.8) is 0 Å². The largest absolute Gasteiger partial charge is 0.472 e. The Kier molecular flexibility index (Phi) is 27.8. The summed E-state index contributed by atoms with van der Waals surface area (Å²) in [7, 11) is 1.32. The summed E-state index contributed by atoms with van der Waals surface area (Å²) in [5, 5.41) is 0. The van der Waals surface area contributed by atoms with Crippen LogP contribution in [0, 0.1) is 0 Å². The van der Waals surface area contributed by atoms with Crippen molar-refractivity contribution in [1.82, 2.24) is 0 Å². The van der Waals surface area contributed by atoms with E-state index in [1.807, 2.05) is 142 Å². The number of quaternary nitrogens is 1. The second-order valence-electron chi connectivity index (χ2n) is 19.9. The minimum absolute atomic E-state index is 0.0146. The first-order valence-corrected chi connectivity index (χ1v) is 27.9. The van der Waals surface area contributed by atoms with Gasteiger partial charge in [-0.25, -0.2) is 4.57 Å². The van der Waals surface area contributed by atoms with Gasteiger partial charge in [0.2, 0.25) is 0 Å². The first-order valence-electron chi connectivity index (χ1n) is 26.4. The lowest BCUT2D eigenvalue weighted by Gasteiger charge is -2.46. The van der Waals surface area contributed by atoms with Gasteiger partial charge in [-0.2, -0.15) is 0 Å². The van der Waals surface area contributed by atoms with Crippen LogP contribution in [0.2, 0.25) is 0 Å². The van der Waals surface area contributed by atoms with E-state index in [9.17, 15) is 14.3 Å². The zero-order valence-corrected chi connectivity index (χ0v) is 44.5. The molecule has 14 heteroatoms. The average molecular weight is 1020 g/mol. The van der Waals surface area contributed by atoms with Gasteiger partial charge in [-0.05, 0) is 28.7 Å². The number of carbonyl (C=O) groups is 1. The minimum atomic E-state index is -4.54. The highest BCUT2D eigenvalue weighted by Crippen LogP contribution is 2.43. The zero-order chi connectivity index (χ0) is 51.1. The Balaban J connectivity index is 1.33. The molecule has 72 heavy (non-hydrogen) atoms. The van der Waals surface area contributed by atoms with Gasteiger partial charge in [0, 0.05) is 6.42 Å². The number of phosphoric ester groups is 1. The highest BCUT2D eigenvalue weighted by atomic mass is 31.2. The molecular formula is C58H85NO12P+. The number of phosphoric acid groups is 1. The van der Waals surface area contributed by atoms with E-state index in [2.05, 4.69) is 6.92 Å². The predicted octanol–water partition coefficient (Wildman–Crippen LogP) is 11.9. The second kappa shape index (κ2) is 33.9. The monoisotopic (exact) mass is 1020 g/mol. The number of benzene rings is 4. The summed E-state index contributed by atoms with van der Waals surface area (Å²) in [5.74, 6) is -0.457. The lowest BCUT2D eigenvalue weighted by molar-refractivity contribution is -0.870. The molecule has 0 aliphatic carbocycles. The summed E-state index contributed by atoms with van der Waals surface area (Å²) in [4.78, 5) is 24.3. The highest BCUT2D eigenvalue weighted by molar-refractivity contribution is 7.47. The van der Waals surface area contributed by atoms with Gasteiger partial charge in [0.25, 0.3) is 0 Å². The third-order valence-electron chi connectivity index (χ3n) is 12.5. The summed E-state index contributed by atoms with van der Waals surface area (Å²) in [6, 6.07) is 39.4. The van der Waals surface area contributed by atoms with E-state index >= 15 is 0 Å². The van der Waals surface area contributed by atoms with Crippen LogP contribution in [-0.2, 0) is 78.0 Å². The van der Waals surface area contributed by atoms with Gasteiger partial charge < -0.3 is 42.5 Å². The van der Waals surface area contributed by atoms with E-state index in [0.717, 1.165) is 41.5 Å². The Labute approximate surface area is 431 Å². The molecule has 398 valence electrons. The van der Waals surface area contributed by atoms with Crippen LogP contribution in [0.25, 0.3) is 0 Å². The Morgan fingerprint density at radius 1 is 0.569 bits per heavy atom. The number of unbranched alkanes of at least 4 members (excludes halogenated alkanes) is 12. The molecule has 0 amide bonds. The van der Waals surface area contributed by atoms with Crippen molar-refractivity contribution in [2.24, 2.45) is 0 Å². The van der Waals surface area contributed by atoms with Gasteiger partial charge in [0.05, 0.1) is 67.4 Å². The molecular weight excluding hydrogens is 934 g/mol. The third kappa shape index (κ3) is 24.5. The van der Waals surface area contributed by atoms with Crippen molar-refractivity contribution >= 4 is 13.8 Å². The smallest absolute Gasteiger partial charge is 0.457 e. The summed E-state index contributed by atoms with van der Waals surface area (Å²) < 4.78 is 70.8. The van der Waals surface area contributed by atoms with E-state index in [-0.39, 0.29) is 46.1 Å². The van der Waals surface area contributed by atoms with Gasteiger partial charge in [-0.3, -0.25) is 13.8 Å². The molecule has 1 aliphatic heterocycles. The van der Waals surface area contributed by atoms with Gasteiger partial charge in [-0.15, -0.1) is 0 Å². The van der Waals surface area contributed by atoms with Crippen molar-refractivity contribution in [2.75, 3.05) is 54.1 Å². The molecule has 4 aromatic carbocycles. The number of hydrogen-bond donors (Lipinski definition) is 1. The van der Waals surface area contributed by atoms with E-state index in [4.69, 9.17) is 42.2 Å². The fourth-order valence-corrected chi connectivity index (χ4v) is 9.12. The van der Waals surface area contributed by atoms with E-state index in [1.165, 1.54) is 57.8 Å². The summed E-state index contributed by atoms with van der Waals surface area (Å²) in [5.41, 5.74) is 3.83. The van der Waals surface area contributed by atoms with Crippen molar-refractivity contribution in [3.8, 4) is 0 Å². The molecule has 1 fully saturated rings. The second-order valence-corrected chi connectivity index (χ2v) is 21.3. The highest BCUT2D eigenvalue weighted by Gasteiger charge is 2.49. The summed E-state index contributed by atoms with van der Waals surface area (Å²) >= 11 is 0. The fourth-order valence-electron chi connectivity index (χ4n) is 8.38. The van der Waals surface area contributed by atoms with E-state index in [0.29, 0.717) is 24.1 Å². The predicted molar refractivity (Wildman–Crippen MR) is 281 cm³/mol. The molecule has 0 bridgehead atoms. The molecule has 0 radical (unpaired) electrons. The third-order valence-corrected chi connectivity index (χ3v) is 13.5. The van der Waals surface area contributed by atoms with Gasteiger partial charge in [0.15, 0.2) is 6.29 Å². The SMILES string of the molecule is CCCCCCCCCCCCCCCC(=O)O[C@@H](CO[C@@H]1O[C@H](COCc2ccccc2)[C@@H](OCc2ccccc2)[C@H](OCc2ccccc2)[C@H]1OCc1ccccc1)COP(=O)(O)OCC[N+](C)(C)C. The molecule has 5 rings (SSSR count). The van der Waals surface area contributed by atoms with Crippen molar-refractivity contribution in [3.05, 3.63) is 144 Å². The van der Waals surface area contributed by atoms with Crippen LogP contribution in [0.15, 0.2) is 121 Å². The standard InChI is InChI=1S/C58H84NO12P/c1-5-6-7-8-9-10-11-12-13-14-15-16-29-38-54(60)70-52(46-69-72(61,62)68-40-39-59(2,3)4)45-67-58-57(66-44-51-36-27-20-28-37-51)56(65-43-50-34-25-19-26-35-50)55(64-42-49-32-23-18-24-33-49)53(71-58)47-63-41-48-30-21-17-22-31-48/h17-28,30-37,52-53,55-58H,5-16,29,38-47H2,1-4H3/p+1/t52-,53+,55+,56-,57+,58+/m0/s1. The molecule has 13 nitrogen and oxygen atoms in total. The molecule has 1 N–H and O–H groups in total. The van der Waals surface area contributed by atoms with Crippen molar-refractivity contribution in [2.45, 2.75) is 160 Å². The van der Waals surface area contributed by atoms with Crippen LogP contribution in [0.5, 0.6) is 0 Å². The summed E-state index contributed by atoms with van der Waals surface area (Å²) in [6.07, 6.45) is 10.3. The molecule has 1 unspecified atom stereocenters. The maximum absolute atomic E-state index is 13.5. The summed E-state index contributed by atoms with van der Waals surface area (Å²) in [6.45, 7) is 3.11. The van der Waals surface area contributed by atoms with Gasteiger partial charge in [0.1, 0.15) is 43.7 Å². The number of carbonyl (C=O) groups excluding carboxylic acids is 1. The van der Waals surface area contributed by atoms with Crippen LogP contribution in [-0.4, -0.2) is 106 Å². The molecule has 7 atom stereocenters. The Morgan fingerprint density at radius 2 is 1.01 bits per heavy atom. The number of ether oxygens (including phenoxy) is 7. The average Bonchev–Trinajstić information content (AvgIpc) is 3.37. The normalized spacial score (nSPS) is 19.4. The lowest BCUT2D eigenvalue weighted by Crippen LogP contribution is -2.62. The van der Waals surface area contributed by atoms with E-state index < -0.39 is 57.2 Å². The molecule has 1 heterocycles. The van der Waals surface area contributed by atoms with Crippen LogP contribution in [0.3, 0.4) is 0 Å². The van der Waals surface area contributed by atoms with Crippen LogP contribution in [0.1, 0.15) is 119 Å². The number of esters is 1. The fraction of sp³-hybridized carbons (Fsp3) is 0.569. The Bertz CT molecular complexity index is 2040. The number of hydrogen-bond acceptors (Lipinski definition) is 11. The Morgan fingerprint density at radius 3 is 1.50 bits per heavy atom. The van der Waals surface area contributed by atoms with Crippen LogP contribution < -0.4 is 0 Å². The molecule has 1 saturated heterocycles. The van der Waals surface area contributed by atoms with Crippen molar-refractivity contribution < 1.29 is 60.9 Å². The zero-order valence-electron chi connectivity index (χ0n) is 43.6. The first-order chi connectivity index (χ1) is 35.0. The number of rotatable bonds is 38. The first kappa shape index (κ1) is 59.1. The lowest BCUT2D eigenvalue weighted by atomic mass is 9.97. The quantitative estimate of drug-likeness (QED) is 0.0198. The molecule has 0 saturated carbocycles. The number of nitrogens with zero attached hydrogens (tertiary/aromatic N) is 1. The molecule has 4 aromatic rings. The van der Waals surface area contributed by atoms with E-state index in [1.54, 1.807) is 0 Å². The van der Waals surface area contributed by atoms with Crippen LogP contribution in [0.4, 0.5) is 0 Å². The molecule has 0 aromatic heterocycles. The maximum Gasteiger partial charge on any atom is 0.472 e. The topological polar surface area (TPSA) is 137 Å². The van der Waals surface area contributed by atoms with Crippen molar-refractivity contribution in [1.29, 1.82) is 0 Å². The van der Waals surface area contributed by atoms with Crippen LogP contribution >= 0.6 is 7.82 Å². The molecule has 0 spiro atoms. The molecule has 1 aliphatic rings. The minimum Gasteiger partial charge on any atom is -0.457 e. The maximum atomic E-state index is 13.5. The Hall–Kier alpha value is -3.82.